The number of unbranched alkanes of at least 4 members (excludes halogenated alkanes) is 10. The fraction of sp³-hybridized carbons (Fsp3) is 0.478. The maximum atomic E-state index is 14.5. The minimum absolute atomic E-state index is 0.0521. The van der Waals surface area contributed by atoms with Crippen molar-refractivity contribution >= 4 is 13.0 Å². The van der Waals surface area contributed by atoms with E-state index in [0.717, 1.165) is 58.4 Å². The second kappa shape index (κ2) is 25.2. The molecule has 0 aliphatic carbocycles. The van der Waals surface area contributed by atoms with Crippen molar-refractivity contribution in [3.8, 4) is 17.2 Å². The van der Waals surface area contributed by atoms with Gasteiger partial charge in [0.15, 0.2) is 11.4 Å². The molecule has 75 heavy (non-hydrogen) atoms. The van der Waals surface area contributed by atoms with Gasteiger partial charge in [-0.05, 0) is 61.4 Å². The topological polar surface area (TPSA) is 32.1 Å². The van der Waals surface area contributed by atoms with E-state index in [0.29, 0.717) is 25.0 Å². The average Bonchev–Trinajstić information content (AvgIpc) is 3.25. The molecule has 1 N–H and O–H groups in total. The highest BCUT2D eigenvalue weighted by Crippen LogP contribution is 2.45. The van der Waals surface area contributed by atoms with Gasteiger partial charge in [-0.2, -0.15) is 124 Å². The van der Waals surface area contributed by atoms with Gasteiger partial charge in [0, 0.05) is 0 Å². The predicted molar refractivity (Wildman–Crippen MR) is 220 cm³/mol. The number of quaternary nitrogens is 1. The van der Waals surface area contributed by atoms with Gasteiger partial charge in [0.1, 0.15) is 17.1 Å². The summed E-state index contributed by atoms with van der Waals surface area (Å²) in [5, 5.41) is 0. The van der Waals surface area contributed by atoms with Crippen LogP contribution >= 0.6 is 0 Å². The molecule has 4 nitrogen and oxygen atoms in total. The molecule has 0 spiro atoms. The van der Waals surface area contributed by atoms with E-state index in [1.54, 1.807) is 6.07 Å². The molecule has 0 aliphatic heterocycles. The highest BCUT2D eigenvalue weighted by atomic mass is 19.4. The molecule has 0 heterocycles. The Balaban J connectivity index is 0.000000910. The third kappa shape index (κ3) is 20.6. The van der Waals surface area contributed by atoms with Crippen LogP contribution in [-0.2, 0) is 49.4 Å². The average molecular weight is 1120 g/mol. The van der Waals surface area contributed by atoms with Crippen molar-refractivity contribution in [1.82, 2.24) is 0 Å². The predicted octanol–water partition coefficient (Wildman–Crippen LogP) is 17.3. The molecular weight excluding hydrogens is 1080 g/mol. The minimum Gasteiger partial charge on any atom is -0.490 e. The molecule has 420 valence electrons. The molecular formula is C46H42BF24NO3. The zero-order valence-corrected chi connectivity index (χ0v) is 38.7. The standard InChI is InChI=1S/C38H38BF18NO3.C8H3F6/c1-3-4-5-6-7-8-9-10-11-12-13-14-58(2)32-30(38(55,56)57)21-27(37(52,53)54)22-31(32)61-39(59-28-17-23(33(40,41)42)15-24(18-28)34(43,44)45)60-29-19-25(35(46,47)48)16-26(20-29)36(49,50)51;9-7(10,11)5-2-1-3-6(4-5)8(12,13)14/h15-22H,3-14H2,1-2H3;2-4H/q;-1/p+1. The van der Waals surface area contributed by atoms with E-state index >= 15 is 0 Å². The molecule has 4 aromatic carbocycles. The maximum Gasteiger partial charge on any atom is 0.864 e. The first-order chi connectivity index (χ1) is 34.1. The molecule has 0 saturated carbocycles. The zero-order chi connectivity index (χ0) is 57.2. The molecule has 4 rings (SSSR count). The van der Waals surface area contributed by atoms with Crippen molar-refractivity contribution in [2.75, 3.05) is 13.6 Å². The number of hydrogen-bond donors (Lipinski definition) is 1. The third-order valence-corrected chi connectivity index (χ3v) is 10.6. The fourth-order valence-corrected chi connectivity index (χ4v) is 6.90. The first-order valence-corrected chi connectivity index (χ1v) is 22.0. The van der Waals surface area contributed by atoms with Gasteiger partial charge >= 0.3 is 56.7 Å². The molecule has 0 saturated heterocycles. The Bertz CT molecular complexity index is 2260. The Kier molecular flexibility index (Phi) is 21.5. The molecule has 0 bridgehead atoms. The van der Waals surface area contributed by atoms with Gasteiger partial charge in [-0.25, -0.2) is 0 Å². The molecule has 4 aromatic rings. The van der Waals surface area contributed by atoms with Crippen LogP contribution < -0.4 is 18.9 Å². The van der Waals surface area contributed by atoms with E-state index < -0.39 is 136 Å². The second-order valence-corrected chi connectivity index (χ2v) is 16.6. The Hall–Kier alpha value is -5.38. The normalized spacial score (nSPS) is 13.5. The summed E-state index contributed by atoms with van der Waals surface area (Å²) in [5.74, 6) is -4.67. The van der Waals surface area contributed by atoms with Gasteiger partial charge in [-0.15, -0.1) is 6.07 Å². The zero-order valence-electron chi connectivity index (χ0n) is 38.7. The lowest BCUT2D eigenvalue weighted by Crippen LogP contribution is -3.04. The van der Waals surface area contributed by atoms with Crippen LogP contribution in [0.2, 0.25) is 0 Å². The maximum absolute atomic E-state index is 14.5. The fourth-order valence-electron chi connectivity index (χ4n) is 6.90. The number of alkyl halides is 24. The second-order valence-electron chi connectivity index (χ2n) is 16.6. The number of rotatable bonds is 19. The van der Waals surface area contributed by atoms with Gasteiger partial charge in [-0.1, -0.05) is 75.8 Å². The minimum atomic E-state index is -5.62. The summed E-state index contributed by atoms with van der Waals surface area (Å²) in [4.78, 5) is -0.317. The number of benzene rings is 4. The van der Waals surface area contributed by atoms with Crippen molar-refractivity contribution in [2.45, 2.75) is 127 Å². The van der Waals surface area contributed by atoms with Crippen LogP contribution in [0.15, 0.2) is 66.7 Å². The first kappa shape index (κ1) is 63.9. The SMILES string of the molecule is CCCCCCCCCCCCC[NH+](C)c1c(OB(Oc2cc(C(F)(F)F)cc(C(F)(F)F)c2)Oc2cc(C(F)(F)F)cc(C(F)(F)F)c2)cc(C(F)(F)F)cc1C(F)(F)F.FC(F)(F)c1c[c-]cc(C(F)(F)F)c1. The lowest BCUT2D eigenvalue weighted by atomic mass is 10.0. The number of hydrogen-bond acceptors (Lipinski definition) is 3. The third-order valence-electron chi connectivity index (χ3n) is 10.6. The van der Waals surface area contributed by atoms with Crippen LogP contribution in [-0.4, -0.2) is 20.9 Å². The van der Waals surface area contributed by atoms with Crippen LogP contribution in [0, 0.1) is 6.07 Å². The van der Waals surface area contributed by atoms with Gasteiger partial charge in [0.05, 0.1) is 41.4 Å². The quantitative estimate of drug-likeness (QED) is 0.0439. The van der Waals surface area contributed by atoms with Crippen molar-refractivity contribution in [3.63, 3.8) is 0 Å². The molecule has 0 aliphatic rings. The van der Waals surface area contributed by atoms with Gasteiger partial charge in [-0.3, -0.25) is 0 Å². The first-order valence-electron chi connectivity index (χ1n) is 22.0. The van der Waals surface area contributed by atoms with Crippen LogP contribution in [0.5, 0.6) is 17.2 Å². The van der Waals surface area contributed by atoms with Crippen molar-refractivity contribution in [2.24, 2.45) is 0 Å². The molecule has 29 heteroatoms. The van der Waals surface area contributed by atoms with E-state index in [9.17, 15) is 105 Å². The summed E-state index contributed by atoms with van der Waals surface area (Å²) in [5.41, 5.74) is -16.3. The Morgan fingerprint density at radius 3 is 1.00 bits per heavy atom. The largest absolute Gasteiger partial charge is 0.864 e. The summed E-state index contributed by atoms with van der Waals surface area (Å²) >= 11 is 0. The summed E-state index contributed by atoms with van der Waals surface area (Å²) in [6, 6.07) is 0.904. The molecule has 0 fully saturated rings. The van der Waals surface area contributed by atoms with E-state index in [-0.39, 0.29) is 60.3 Å². The summed E-state index contributed by atoms with van der Waals surface area (Å²) in [6.45, 7) is 1.82. The lowest BCUT2D eigenvalue weighted by Gasteiger charge is -2.25. The van der Waals surface area contributed by atoms with Crippen molar-refractivity contribution in [3.05, 3.63) is 117 Å². The smallest absolute Gasteiger partial charge is 0.490 e. The lowest BCUT2D eigenvalue weighted by molar-refractivity contribution is -0.811. The van der Waals surface area contributed by atoms with Crippen LogP contribution in [0.1, 0.15) is 122 Å². The Labute approximate surface area is 412 Å². The molecule has 0 aromatic heterocycles. The highest BCUT2D eigenvalue weighted by Gasteiger charge is 2.46. The molecule has 1 unspecified atom stereocenters. The van der Waals surface area contributed by atoms with E-state index in [1.165, 1.54) is 0 Å². The molecule has 1 atom stereocenters. The number of halogens is 24. The number of nitrogens with one attached hydrogen (secondary N) is 1. The van der Waals surface area contributed by atoms with Gasteiger partial charge in [0.25, 0.3) is 0 Å². The Morgan fingerprint density at radius 1 is 0.373 bits per heavy atom. The molecule has 0 radical (unpaired) electrons. The van der Waals surface area contributed by atoms with Gasteiger partial charge < -0.3 is 18.9 Å². The monoisotopic (exact) mass is 1120 g/mol. The molecule has 0 amide bonds. The van der Waals surface area contributed by atoms with E-state index in [2.05, 4.69) is 6.92 Å². The van der Waals surface area contributed by atoms with Crippen LogP contribution in [0.4, 0.5) is 111 Å². The summed E-state index contributed by atoms with van der Waals surface area (Å²) < 4.78 is 337. The summed E-state index contributed by atoms with van der Waals surface area (Å²) in [6.07, 6.45) is -34.0. The van der Waals surface area contributed by atoms with E-state index in [4.69, 9.17) is 14.0 Å². The van der Waals surface area contributed by atoms with Crippen molar-refractivity contribution in [1.29, 1.82) is 0 Å². The Morgan fingerprint density at radius 2 is 0.680 bits per heavy atom. The van der Waals surface area contributed by atoms with Crippen LogP contribution in [0.3, 0.4) is 0 Å². The van der Waals surface area contributed by atoms with Gasteiger partial charge in [0.2, 0.25) is 0 Å². The van der Waals surface area contributed by atoms with Crippen molar-refractivity contribution < 1.29 is 124 Å². The summed E-state index contributed by atoms with van der Waals surface area (Å²) in [7, 11) is -2.21. The van der Waals surface area contributed by atoms with Crippen LogP contribution in [0.25, 0.3) is 0 Å². The highest BCUT2D eigenvalue weighted by molar-refractivity contribution is 6.39. The van der Waals surface area contributed by atoms with E-state index in [1.807, 2.05) is 0 Å².